The van der Waals surface area contributed by atoms with Gasteiger partial charge in [-0.1, -0.05) is 30.3 Å². The first kappa shape index (κ1) is 11.6. The molecule has 0 radical (unpaired) electrons. The van der Waals surface area contributed by atoms with Crippen molar-refractivity contribution in [2.75, 3.05) is 0 Å². The summed E-state index contributed by atoms with van der Waals surface area (Å²) in [6, 6.07) is 11.6. The van der Waals surface area contributed by atoms with Crippen molar-refractivity contribution in [3.05, 3.63) is 42.5 Å². The predicted octanol–water partition coefficient (Wildman–Crippen LogP) is 0.919. The average Bonchev–Trinajstić information content (AvgIpc) is 2.16. The van der Waals surface area contributed by atoms with E-state index in [9.17, 15) is 13.0 Å². The highest BCUT2D eigenvalue weighted by Crippen LogP contribution is 2.18. The summed E-state index contributed by atoms with van der Waals surface area (Å²) in [7, 11) is -4.34. The van der Waals surface area contributed by atoms with Crippen LogP contribution in [0.15, 0.2) is 47.4 Å². The summed E-state index contributed by atoms with van der Waals surface area (Å²) >= 11 is 0. The molecule has 0 heterocycles. The van der Waals surface area contributed by atoms with Gasteiger partial charge in [-0.25, -0.2) is 8.42 Å². The van der Waals surface area contributed by atoms with Gasteiger partial charge in [-0.15, -0.1) is 0 Å². The lowest BCUT2D eigenvalue weighted by atomic mass is 10.1. The van der Waals surface area contributed by atoms with Crippen molar-refractivity contribution in [3.8, 4) is 0 Å². The molecule has 0 aliphatic carbocycles. The summed E-state index contributed by atoms with van der Waals surface area (Å²) in [6.45, 7) is 0. The Morgan fingerprint density at radius 1 is 0.933 bits per heavy atom. The van der Waals surface area contributed by atoms with Crippen molar-refractivity contribution >= 4 is 20.9 Å². The smallest absolute Gasteiger partial charge is 0.124 e. The van der Waals surface area contributed by atoms with Crippen LogP contribution in [0.4, 0.5) is 0 Å². The van der Waals surface area contributed by atoms with Gasteiger partial charge in [0, 0.05) is 0 Å². The van der Waals surface area contributed by atoms with Gasteiger partial charge in [-0.05, 0) is 22.9 Å². The topological polar surface area (TPSA) is 88.7 Å². The molecule has 0 saturated carbocycles. The van der Waals surface area contributed by atoms with Crippen molar-refractivity contribution in [1.82, 2.24) is 0 Å². The third-order valence-electron chi connectivity index (χ3n) is 2.01. The molecular weight excluding hydrogens is 216 g/mol. The standard InChI is InChI=1S/C10H8O3S.H2O/c11-14(12,13)10-6-5-8-3-1-2-4-9(8)7-10;/h1-7H,(H,11,12,13);1H2/p-1. The molecule has 0 aliphatic rings. The van der Waals surface area contributed by atoms with E-state index in [0.29, 0.717) is 0 Å². The van der Waals surface area contributed by atoms with Crippen LogP contribution in [0, 0.1) is 0 Å². The van der Waals surface area contributed by atoms with Crippen LogP contribution in [0.25, 0.3) is 10.8 Å². The van der Waals surface area contributed by atoms with Gasteiger partial charge in [0.15, 0.2) is 0 Å². The van der Waals surface area contributed by atoms with Crippen molar-refractivity contribution in [3.63, 3.8) is 0 Å². The largest absolute Gasteiger partial charge is 0.744 e. The third kappa shape index (κ3) is 2.33. The van der Waals surface area contributed by atoms with E-state index in [1.165, 1.54) is 12.1 Å². The molecule has 80 valence electrons. The highest BCUT2D eigenvalue weighted by molar-refractivity contribution is 7.85. The van der Waals surface area contributed by atoms with Crippen LogP contribution >= 0.6 is 0 Å². The summed E-state index contributed by atoms with van der Waals surface area (Å²) < 4.78 is 32.2. The molecule has 0 spiro atoms. The number of hydrogen-bond acceptors (Lipinski definition) is 3. The second-order valence-corrected chi connectivity index (χ2v) is 4.34. The molecule has 2 N–H and O–H groups in total. The molecule has 0 amide bonds. The maximum Gasteiger partial charge on any atom is 0.124 e. The Balaban J connectivity index is 0.00000112. The van der Waals surface area contributed by atoms with E-state index in [-0.39, 0.29) is 10.4 Å². The maximum absolute atomic E-state index is 10.7. The zero-order valence-electron chi connectivity index (χ0n) is 7.67. The lowest BCUT2D eigenvalue weighted by Crippen LogP contribution is -1.97. The highest BCUT2D eigenvalue weighted by atomic mass is 32.2. The SMILES string of the molecule is O.O=S(=O)([O-])c1ccc2ccccc2c1. The highest BCUT2D eigenvalue weighted by Gasteiger charge is 2.01. The molecule has 15 heavy (non-hydrogen) atoms. The Hall–Kier alpha value is -1.43. The zero-order valence-corrected chi connectivity index (χ0v) is 8.49. The van der Waals surface area contributed by atoms with Crippen LogP contribution in [0.2, 0.25) is 0 Å². The molecule has 2 aromatic carbocycles. The Morgan fingerprint density at radius 2 is 1.53 bits per heavy atom. The molecule has 0 fully saturated rings. The summed E-state index contributed by atoms with van der Waals surface area (Å²) in [5.74, 6) is 0. The Bertz CT molecular complexity index is 575. The minimum atomic E-state index is -4.34. The van der Waals surface area contributed by atoms with Crippen molar-refractivity contribution in [2.45, 2.75) is 4.90 Å². The molecule has 0 atom stereocenters. The van der Waals surface area contributed by atoms with E-state index in [1.807, 2.05) is 12.1 Å². The number of fused-ring (bicyclic) bond motifs is 1. The number of benzene rings is 2. The third-order valence-corrected chi connectivity index (χ3v) is 2.84. The van der Waals surface area contributed by atoms with E-state index in [0.717, 1.165) is 10.8 Å². The fraction of sp³-hybridized carbons (Fsp3) is 0. The number of hydrogen-bond donors (Lipinski definition) is 0. The minimum absolute atomic E-state index is 0. The molecule has 5 heteroatoms. The van der Waals surface area contributed by atoms with Crippen molar-refractivity contribution < 1.29 is 18.4 Å². The van der Waals surface area contributed by atoms with E-state index >= 15 is 0 Å². The zero-order chi connectivity index (χ0) is 10.2. The van der Waals surface area contributed by atoms with Crippen LogP contribution in [0.1, 0.15) is 0 Å². The van der Waals surface area contributed by atoms with Crippen LogP contribution in [-0.4, -0.2) is 18.4 Å². The lowest BCUT2D eigenvalue weighted by molar-refractivity contribution is 0.463. The first-order valence-electron chi connectivity index (χ1n) is 4.02. The fourth-order valence-electron chi connectivity index (χ4n) is 1.32. The predicted molar refractivity (Wildman–Crippen MR) is 55.5 cm³/mol. The van der Waals surface area contributed by atoms with Crippen LogP contribution < -0.4 is 0 Å². The van der Waals surface area contributed by atoms with Gasteiger partial charge in [0.05, 0.1) is 4.90 Å². The second-order valence-electron chi connectivity index (χ2n) is 2.96. The van der Waals surface area contributed by atoms with Gasteiger partial charge in [-0.2, -0.15) is 0 Å². The Labute approximate surface area is 87.2 Å². The Morgan fingerprint density at radius 3 is 2.13 bits per heavy atom. The molecular formula is C10H9O4S-. The molecule has 2 aromatic rings. The molecule has 0 unspecified atom stereocenters. The molecule has 0 bridgehead atoms. The summed E-state index contributed by atoms with van der Waals surface area (Å²) in [4.78, 5) is -0.184. The van der Waals surface area contributed by atoms with E-state index in [4.69, 9.17) is 0 Å². The van der Waals surface area contributed by atoms with Crippen LogP contribution in [0.5, 0.6) is 0 Å². The minimum Gasteiger partial charge on any atom is -0.744 e. The molecule has 0 aromatic heterocycles. The van der Waals surface area contributed by atoms with E-state index < -0.39 is 10.1 Å². The molecule has 2 rings (SSSR count). The monoisotopic (exact) mass is 225 g/mol. The molecule has 0 aliphatic heterocycles. The first-order chi connectivity index (χ1) is 6.57. The van der Waals surface area contributed by atoms with Gasteiger partial charge in [0.1, 0.15) is 10.1 Å². The van der Waals surface area contributed by atoms with Gasteiger partial charge >= 0.3 is 0 Å². The van der Waals surface area contributed by atoms with Gasteiger partial charge in [0.25, 0.3) is 0 Å². The Kier molecular flexibility index (Phi) is 3.09. The normalized spacial score (nSPS) is 11.0. The molecule has 0 saturated heterocycles. The first-order valence-corrected chi connectivity index (χ1v) is 5.43. The van der Waals surface area contributed by atoms with Crippen molar-refractivity contribution in [1.29, 1.82) is 0 Å². The van der Waals surface area contributed by atoms with E-state index in [2.05, 4.69) is 0 Å². The maximum atomic E-state index is 10.7. The van der Waals surface area contributed by atoms with Crippen molar-refractivity contribution in [2.24, 2.45) is 0 Å². The summed E-state index contributed by atoms with van der Waals surface area (Å²) in [6.07, 6.45) is 0. The van der Waals surface area contributed by atoms with Gasteiger partial charge in [0.2, 0.25) is 0 Å². The lowest BCUT2D eigenvalue weighted by Gasteiger charge is -2.07. The van der Waals surface area contributed by atoms with Gasteiger partial charge in [-0.3, -0.25) is 0 Å². The summed E-state index contributed by atoms with van der Waals surface area (Å²) in [5.41, 5.74) is 0. The fourth-order valence-corrected chi connectivity index (χ4v) is 1.83. The quantitative estimate of drug-likeness (QED) is 0.676. The van der Waals surface area contributed by atoms with E-state index in [1.54, 1.807) is 18.2 Å². The van der Waals surface area contributed by atoms with Gasteiger partial charge < -0.3 is 10.0 Å². The molecule has 4 nitrogen and oxygen atoms in total. The van der Waals surface area contributed by atoms with Crippen LogP contribution in [0.3, 0.4) is 0 Å². The van der Waals surface area contributed by atoms with Crippen LogP contribution in [-0.2, 0) is 10.1 Å². The number of rotatable bonds is 1. The average molecular weight is 225 g/mol. The second kappa shape index (κ2) is 3.98. The summed E-state index contributed by atoms with van der Waals surface area (Å²) in [5, 5.41) is 1.67.